The molecule has 0 bridgehead atoms. The van der Waals surface area contributed by atoms with E-state index in [4.69, 9.17) is 16.3 Å². The maximum atomic E-state index is 12.6. The normalized spacial score (nSPS) is 24.6. The van der Waals surface area contributed by atoms with Crippen LogP contribution < -0.4 is 5.32 Å². The van der Waals surface area contributed by atoms with Gasteiger partial charge in [0.15, 0.2) is 0 Å². The number of hydrogen-bond acceptors (Lipinski definition) is 5. The zero-order chi connectivity index (χ0) is 14.9. The van der Waals surface area contributed by atoms with Crippen molar-refractivity contribution in [2.45, 2.75) is 30.9 Å². The molecular weight excluding hydrogens is 302 g/mol. The Balaban J connectivity index is 2.36. The average molecular weight is 320 g/mol. The van der Waals surface area contributed by atoms with Gasteiger partial charge in [0.05, 0.1) is 17.7 Å². The number of nitrogens with zero attached hydrogens (tertiary/aromatic N) is 2. The van der Waals surface area contributed by atoms with Crippen LogP contribution in [0.1, 0.15) is 13.8 Å². The van der Waals surface area contributed by atoms with Crippen molar-refractivity contribution in [2.75, 3.05) is 25.5 Å². The molecule has 112 valence electrons. The number of nitrogens with one attached hydrogen (secondary N) is 1. The van der Waals surface area contributed by atoms with E-state index in [0.717, 1.165) is 0 Å². The van der Waals surface area contributed by atoms with Crippen LogP contribution in [0.5, 0.6) is 0 Å². The summed E-state index contributed by atoms with van der Waals surface area (Å²) >= 11 is 6.01. The topological polar surface area (TPSA) is 71.5 Å². The first-order valence-electron chi connectivity index (χ1n) is 6.33. The van der Waals surface area contributed by atoms with Crippen LogP contribution in [0.3, 0.4) is 0 Å². The van der Waals surface area contributed by atoms with Crippen LogP contribution in [0.15, 0.2) is 17.2 Å². The molecule has 6 nitrogen and oxygen atoms in total. The summed E-state index contributed by atoms with van der Waals surface area (Å²) in [4.78, 5) is 4.12. The maximum Gasteiger partial charge on any atom is 0.245 e. The van der Waals surface area contributed by atoms with Gasteiger partial charge >= 0.3 is 0 Å². The number of sulfonamides is 1. The van der Waals surface area contributed by atoms with Crippen LogP contribution in [-0.4, -0.2) is 50.1 Å². The highest BCUT2D eigenvalue weighted by atomic mass is 35.5. The van der Waals surface area contributed by atoms with Crippen LogP contribution in [0.25, 0.3) is 0 Å². The molecule has 0 aromatic carbocycles. The molecule has 1 fully saturated rings. The van der Waals surface area contributed by atoms with Crippen LogP contribution in [0.4, 0.5) is 5.82 Å². The molecule has 1 aromatic heterocycles. The smallest absolute Gasteiger partial charge is 0.245 e. The van der Waals surface area contributed by atoms with E-state index in [9.17, 15) is 8.42 Å². The molecule has 20 heavy (non-hydrogen) atoms. The van der Waals surface area contributed by atoms with Crippen molar-refractivity contribution in [1.29, 1.82) is 0 Å². The SMILES string of the molecule is CNc1ncc(S(=O)(=O)N2CC(C)OCC2C)cc1Cl. The summed E-state index contributed by atoms with van der Waals surface area (Å²) in [6.07, 6.45) is 1.20. The van der Waals surface area contributed by atoms with E-state index in [-0.39, 0.29) is 22.1 Å². The number of hydrogen-bond donors (Lipinski definition) is 1. The van der Waals surface area contributed by atoms with Gasteiger partial charge in [-0.05, 0) is 19.9 Å². The summed E-state index contributed by atoms with van der Waals surface area (Å²) in [7, 11) is -1.94. The second kappa shape index (κ2) is 5.85. The van der Waals surface area contributed by atoms with Crippen molar-refractivity contribution in [3.8, 4) is 0 Å². The Hall–Kier alpha value is -0.890. The Morgan fingerprint density at radius 1 is 1.50 bits per heavy atom. The van der Waals surface area contributed by atoms with E-state index < -0.39 is 10.0 Å². The molecule has 0 aliphatic carbocycles. The fourth-order valence-electron chi connectivity index (χ4n) is 2.09. The van der Waals surface area contributed by atoms with E-state index in [1.165, 1.54) is 16.6 Å². The molecule has 2 atom stereocenters. The number of aromatic nitrogens is 1. The lowest BCUT2D eigenvalue weighted by atomic mass is 10.2. The van der Waals surface area contributed by atoms with E-state index in [0.29, 0.717) is 19.0 Å². The highest BCUT2D eigenvalue weighted by Gasteiger charge is 2.34. The predicted molar refractivity (Wildman–Crippen MR) is 77.6 cm³/mol. The molecule has 1 N–H and O–H groups in total. The lowest BCUT2D eigenvalue weighted by Gasteiger charge is -2.35. The first-order chi connectivity index (χ1) is 9.36. The molecule has 1 aliphatic rings. The molecule has 0 saturated carbocycles. The third-order valence-corrected chi connectivity index (χ3v) is 5.44. The van der Waals surface area contributed by atoms with Crippen LogP contribution >= 0.6 is 11.6 Å². The van der Waals surface area contributed by atoms with E-state index in [2.05, 4.69) is 10.3 Å². The van der Waals surface area contributed by atoms with Gasteiger partial charge in [-0.15, -0.1) is 0 Å². The monoisotopic (exact) mass is 319 g/mol. The largest absolute Gasteiger partial charge is 0.375 e. The lowest BCUT2D eigenvalue weighted by molar-refractivity contribution is -0.0170. The molecule has 8 heteroatoms. The van der Waals surface area contributed by atoms with Crippen molar-refractivity contribution in [2.24, 2.45) is 0 Å². The van der Waals surface area contributed by atoms with Crippen LogP contribution in [-0.2, 0) is 14.8 Å². The molecule has 0 radical (unpaired) electrons. The molecule has 1 aromatic rings. The fraction of sp³-hybridized carbons (Fsp3) is 0.583. The van der Waals surface area contributed by atoms with Crippen molar-refractivity contribution >= 4 is 27.4 Å². The van der Waals surface area contributed by atoms with E-state index in [1.807, 2.05) is 13.8 Å². The first kappa shape index (κ1) is 15.5. The number of halogens is 1. The average Bonchev–Trinajstić information content (AvgIpc) is 2.41. The molecule has 2 unspecified atom stereocenters. The minimum Gasteiger partial charge on any atom is -0.375 e. The number of morpholine rings is 1. The number of anilines is 1. The zero-order valence-electron chi connectivity index (χ0n) is 11.6. The molecule has 2 heterocycles. The van der Waals surface area contributed by atoms with Gasteiger partial charge in [-0.2, -0.15) is 4.31 Å². The summed E-state index contributed by atoms with van der Waals surface area (Å²) in [5, 5.41) is 3.08. The lowest BCUT2D eigenvalue weighted by Crippen LogP contribution is -2.50. The summed E-state index contributed by atoms with van der Waals surface area (Å²) in [5.74, 6) is 0.453. The van der Waals surface area contributed by atoms with Gasteiger partial charge in [-0.3, -0.25) is 0 Å². The van der Waals surface area contributed by atoms with Gasteiger partial charge in [0, 0.05) is 25.8 Å². The highest BCUT2D eigenvalue weighted by molar-refractivity contribution is 7.89. The summed E-state index contributed by atoms with van der Waals surface area (Å²) in [6.45, 7) is 4.38. The van der Waals surface area contributed by atoms with Gasteiger partial charge in [0.1, 0.15) is 10.7 Å². The Kier molecular flexibility index (Phi) is 4.53. The maximum absolute atomic E-state index is 12.6. The molecule has 1 saturated heterocycles. The minimum atomic E-state index is -3.61. The van der Waals surface area contributed by atoms with Crippen LogP contribution in [0.2, 0.25) is 5.02 Å². The number of ether oxygens (including phenoxy) is 1. The summed E-state index contributed by atoms with van der Waals surface area (Å²) in [5.41, 5.74) is 0. The van der Waals surface area contributed by atoms with Gasteiger partial charge < -0.3 is 10.1 Å². The third kappa shape index (κ3) is 2.90. The predicted octanol–water partition coefficient (Wildman–Crippen LogP) is 1.57. The molecule has 0 amide bonds. The summed E-state index contributed by atoms with van der Waals surface area (Å²) < 4.78 is 32.2. The quantitative estimate of drug-likeness (QED) is 0.915. The molecule has 0 spiro atoms. The molecule has 1 aliphatic heterocycles. The third-order valence-electron chi connectivity index (χ3n) is 3.21. The molecule has 2 rings (SSSR count). The number of pyridine rings is 1. The standard InChI is InChI=1S/C12H18ClN3O3S/c1-8-7-19-9(2)6-16(8)20(17,18)10-4-11(13)12(14-3)15-5-10/h4-5,8-9H,6-7H2,1-3H3,(H,14,15). The fourth-order valence-corrected chi connectivity index (χ4v) is 4.08. The first-order valence-corrected chi connectivity index (χ1v) is 8.14. The van der Waals surface area contributed by atoms with Crippen LogP contribution in [0, 0.1) is 0 Å². The Morgan fingerprint density at radius 3 is 2.80 bits per heavy atom. The van der Waals surface area contributed by atoms with Crippen molar-refractivity contribution < 1.29 is 13.2 Å². The molecular formula is C12H18ClN3O3S. The Labute approximate surface area is 124 Å². The second-order valence-corrected chi connectivity index (χ2v) is 7.12. The Bertz CT molecular complexity index is 594. The van der Waals surface area contributed by atoms with Crippen molar-refractivity contribution in [1.82, 2.24) is 9.29 Å². The van der Waals surface area contributed by atoms with Gasteiger partial charge in [-0.1, -0.05) is 11.6 Å². The van der Waals surface area contributed by atoms with E-state index >= 15 is 0 Å². The Morgan fingerprint density at radius 2 is 2.20 bits per heavy atom. The van der Waals surface area contributed by atoms with E-state index in [1.54, 1.807) is 7.05 Å². The zero-order valence-corrected chi connectivity index (χ0v) is 13.2. The van der Waals surface area contributed by atoms with Gasteiger partial charge in [0.25, 0.3) is 0 Å². The van der Waals surface area contributed by atoms with Crippen molar-refractivity contribution in [3.05, 3.63) is 17.3 Å². The second-order valence-electron chi connectivity index (χ2n) is 4.82. The summed E-state index contributed by atoms with van der Waals surface area (Å²) in [6, 6.07) is 1.21. The van der Waals surface area contributed by atoms with Gasteiger partial charge in [-0.25, -0.2) is 13.4 Å². The van der Waals surface area contributed by atoms with Crippen molar-refractivity contribution in [3.63, 3.8) is 0 Å². The van der Waals surface area contributed by atoms with Gasteiger partial charge in [0.2, 0.25) is 10.0 Å². The minimum absolute atomic E-state index is 0.0995. The highest BCUT2D eigenvalue weighted by Crippen LogP contribution is 2.26. The number of rotatable bonds is 3.